The van der Waals surface area contributed by atoms with Crippen molar-refractivity contribution in [2.75, 3.05) is 0 Å². The number of carbonyl (C=O) groups is 2. The van der Waals surface area contributed by atoms with Crippen LogP contribution in [0.25, 0.3) is 0 Å². The predicted molar refractivity (Wildman–Crippen MR) is 87.0 cm³/mol. The van der Waals surface area contributed by atoms with Gasteiger partial charge in [-0.25, -0.2) is 9.59 Å². The summed E-state index contributed by atoms with van der Waals surface area (Å²) in [7, 11) is 0. The third kappa shape index (κ3) is 2.19. The Kier molecular flexibility index (Phi) is 3.55. The predicted octanol–water partition coefficient (Wildman–Crippen LogP) is 1.69. The van der Waals surface area contributed by atoms with Crippen LogP contribution in [0.2, 0.25) is 0 Å². The van der Waals surface area contributed by atoms with Crippen molar-refractivity contribution >= 4 is 11.9 Å². The second kappa shape index (κ2) is 5.60. The van der Waals surface area contributed by atoms with Crippen molar-refractivity contribution in [2.45, 2.75) is 26.7 Å². The van der Waals surface area contributed by atoms with Crippen molar-refractivity contribution < 1.29 is 44.2 Å². The fourth-order valence-corrected chi connectivity index (χ4v) is 3.29. The number of hydrogen-bond donors (Lipinski definition) is 4. The van der Waals surface area contributed by atoms with Crippen LogP contribution in [0.3, 0.4) is 0 Å². The number of ether oxygens (including phenoxy) is 3. The van der Waals surface area contributed by atoms with E-state index in [4.69, 9.17) is 14.2 Å². The topological polar surface area (TPSA) is 143 Å². The van der Waals surface area contributed by atoms with Gasteiger partial charge in [0.2, 0.25) is 6.29 Å². The number of cyclic esters (lactones) is 1. The van der Waals surface area contributed by atoms with E-state index in [-0.39, 0.29) is 50.8 Å². The molecule has 0 amide bonds. The van der Waals surface area contributed by atoms with E-state index in [0.717, 1.165) is 0 Å². The van der Waals surface area contributed by atoms with Crippen LogP contribution >= 0.6 is 0 Å². The number of phenols is 2. The largest absolute Gasteiger partial charge is 0.507 e. The zero-order valence-electron chi connectivity index (χ0n) is 14.2. The molecule has 1 unspecified atom stereocenters. The summed E-state index contributed by atoms with van der Waals surface area (Å²) in [5.41, 5.74) is -0.267. The minimum Gasteiger partial charge on any atom is -0.507 e. The molecule has 9 nitrogen and oxygen atoms in total. The highest BCUT2D eigenvalue weighted by atomic mass is 16.6. The summed E-state index contributed by atoms with van der Waals surface area (Å²) in [5, 5.41) is 40.1. The molecule has 2 aromatic rings. The summed E-state index contributed by atoms with van der Waals surface area (Å²) in [6.45, 7) is 2.29. The Hall–Kier alpha value is -3.30. The lowest BCUT2D eigenvalue weighted by atomic mass is 10.0. The van der Waals surface area contributed by atoms with Gasteiger partial charge >= 0.3 is 11.9 Å². The molecule has 9 heteroatoms. The Bertz CT molecular complexity index is 1040. The minimum absolute atomic E-state index is 0.0309. The van der Waals surface area contributed by atoms with Gasteiger partial charge < -0.3 is 34.6 Å². The summed E-state index contributed by atoms with van der Waals surface area (Å²) in [6.07, 6.45) is -1.75. The Morgan fingerprint density at radius 2 is 1.70 bits per heavy atom. The van der Waals surface area contributed by atoms with Crippen molar-refractivity contribution in [3.63, 3.8) is 0 Å². The van der Waals surface area contributed by atoms with Gasteiger partial charge in [-0.1, -0.05) is 0 Å². The smallest absolute Gasteiger partial charge is 0.347 e. The van der Waals surface area contributed by atoms with Crippen LogP contribution in [-0.2, 0) is 11.3 Å². The molecule has 0 radical (unpaired) electrons. The molecule has 0 bridgehead atoms. The zero-order valence-corrected chi connectivity index (χ0v) is 14.2. The Morgan fingerprint density at radius 3 is 2.37 bits per heavy atom. The molecule has 0 saturated heterocycles. The zero-order chi connectivity index (χ0) is 19.6. The fraction of sp³-hybridized carbons (Fsp3) is 0.222. The van der Waals surface area contributed by atoms with Gasteiger partial charge in [-0.05, 0) is 25.5 Å². The maximum absolute atomic E-state index is 12.7. The molecule has 0 aliphatic carbocycles. The SMILES string of the molecule is Cc1cc(O)c(CO)c2c1C(=O)Oc1c(C)c(O)c3c(c1O2)C(O)OC3=O. The van der Waals surface area contributed by atoms with E-state index in [9.17, 15) is 30.0 Å². The van der Waals surface area contributed by atoms with Gasteiger partial charge in [0.15, 0.2) is 17.2 Å². The number of aromatic hydroxyl groups is 2. The molecular formula is C18H14O9. The lowest BCUT2D eigenvalue weighted by Crippen LogP contribution is -2.11. The summed E-state index contributed by atoms with van der Waals surface area (Å²) >= 11 is 0. The van der Waals surface area contributed by atoms with E-state index in [1.807, 2.05) is 0 Å². The van der Waals surface area contributed by atoms with Crippen LogP contribution < -0.4 is 9.47 Å². The van der Waals surface area contributed by atoms with Crippen LogP contribution in [0, 0.1) is 13.8 Å². The maximum Gasteiger partial charge on any atom is 0.347 e. The first-order chi connectivity index (χ1) is 12.8. The van der Waals surface area contributed by atoms with Crippen molar-refractivity contribution in [3.8, 4) is 28.7 Å². The molecule has 2 aliphatic heterocycles. The molecule has 0 spiro atoms. The molecular weight excluding hydrogens is 360 g/mol. The van der Waals surface area contributed by atoms with Gasteiger partial charge in [0.25, 0.3) is 0 Å². The third-order valence-electron chi connectivity index (χ3n) is 4.64. The summed E-state index contributed by atoms with van der Waals surface area (Å²) < 4.78 is 15.9. The third-order valence-corrected chi connectivity index (χ3v) is 4.64. The fourth-order valence-electron chi connectivity index (χ4n) is 3.29. The first-order valence-corrected chi connectivity index (χ1v) is 7.91. The maximum atomic E-state index is 12.7. The van der Waals surface area contributed by atoms with Crippen molar-refractivity contribution in [1.29, 1.82) is 0 Å². The van der Waals surface area contributed by atoms with Crippen LogP contribution in [-0.4, -0.2) is 32.4 Å². The van der Waals surface area contributed by atoms with Gasteiger partial charge in [-0.15, -0.1) is 0 Å². The van der Waals surface area contributed by atoms with Crippen molar-refractivity contribution in [1.82, 2.24) is 0 Å². The van der Waals surface area contributed by atoms with Gasteiger partial charge in [0, 0.05) is 5.56 Å². The molecule has 1 atom stereocenters. The number of esters is 2. The monoisotopic (exact) mass is 374 g/mol. The molecule has 2 aliphatic rings. The number of fused-ring (bicyclic) bond motifs is 4. The van der Waals surface area contributed by atoms with E-state index in [0.29, 0.717) is 5.56 Å². The van der Waals surface area contributed by atoms with Crippen LogP contribution in [0.1, 0.15) is 49.3 Å². The standard InChI is InChI=1S/C18H14O9/c1-5-3-8(20)7(4-19)14-9(5)16(22)26-13-6(2)12(21)10-11(15(13)25-14)18(24)27-17(10)23/h3,18-21,24H,4H2,1-2H3. The van der Waals surface area contributed by atoms with E-state index >= 15 is 0 Å². The lowest BCUT2D eigenvalue weighted by molar-refractivity contribution is -0.0555. The number of aliphatic hydroxyl groups excluding tert-OH is 2. The second-order valence-electron chi connectivity index (χ2n) is 6.22. The lowest BCUT2D eigenvalue weighted by Gasteiger charge is -2.17. The van der Waals surface area contributed by atoms with Crippen molar-refractivity contribution in [2.24, 2.45) is 0 Å². The molecule has 0 saturated carbocycles. The molecule has 0 fully saturated rings. The number of hydrogen-bond acceptors (Lipinski definition) is 9. The second-order valence-corrected chi connectivity index (χ2v) is 6.22. The van der Waals surface area contributed by atoms with Crippen LogP contribution in [0.15, 0.2) is 6.07 Å². The Labute approximate surface area is 152 Å². The average Bonchev–Trinajstić information content (AvgIpc) is 2.79. The first-order valence-electron chi connectivity index (χ1n) is 7.91. The number of aliphatic hydroxyl groups is 2. The first kappa shape index (κ1) is 17.1. The summed E-state index contributed by atoms with van der Waals surface area (Å²) in [4.78, 5) is 24.6. The number of rotatable bonds is 1. The van der Waals surface area contributed by atoms with Gasteiger partial charge in [-0.3, -0.25) is 0 Å². The average molecular weight is 374 g/mol. The van der Waals surface area contributed by atoms with Gasteiger partial charge in [-0.2, -0.15) is 0 Å². The molecule has 140 valence electrons. The molecule has 0 aromatic heterocycles. The molecule has 27 heavy (non-hydrogen) atoms. The van der Waals surface area contributed by atoms with E-state index in [2.05, 4.69) is 0 Å². The van der Waals surface area contributed by atoms with E-state index in [1.165, 1.54) is 19.9 Å². The summed E-state index contributed by atoms with van der Waals surface area (Å²) in [6, 6.07) is 1.28. The Morgan fingerprint density at radius 1 is 1.00 bits per heavy atom. The van der Waals surface area contributed by atoms with Gasteiger partial charge in [0.1, 0.15) is 22.6 Å². The number of carbonyl (C=O) groups excluding carboxylic acids is 2. The van der Waals surface area contributed by atoms with E-state index < -0.39 is 30.6 Å². The van der Waals surface area contributed by atoms with Crippen molar-refractivity contribution in [3.05, 3.63) is 39.4 Å². The molecule has 4 rings (SSSR count). The van der Waals surface area contributed by atoms with Crippen LogP contribution in [0.5, 0.6) is 28.7 Å². The molecule has 4 N–H and O–H groups in total. The Balaban J connectivity index is 2.09. The highest BCUT2D eigenvalue weighted by Crippen LogP contribution is 2.53. The highest BCUT2D eigenvalue weighted by Gasteiger charge is 2.42. The highest BCUT2D eigenvalue weighted by molar-refractivity contribution is 6.02. The van der Waals surface area contributed by atoms with Gasteiger partial charge in [0.05, 0.1) is 17.7 Å². The molecule has 2 heterocycles. The molecule has 2 aromatic carbocycles. The number of benzene rings is 2. The van der Waals surface area contributed by atoms with E-state index in [1.54, 1.807) is 0 Å². The van der Waals surface area contributed by atoms with Crippen LogP contribution in [0.4, 0.5) is 0 Å². The quantitative estimate of drug-likeness (QED) is 0.433. The summed E-state index contributed by atoms with van der Waals surface area (Å²) in [5.74, 6) is -3.21. The normalized spacial score (nSPS) is 17.3. The number of phenolic OH excluding ortho intramolecular Hbond substituents is 1. The number of aryl methyl sites for hydroxylation is 1. The minimum atomic E-state index is -1.75.